The summed E-state index contributed by atoms with van der Waals surface area (Å²) in [4.78, 5) is 38.3. The van der Waals surface area contributed by atoms with Gasteiger partial charge in [0.05, 0.1) is 24.2 Å². The van der Waals surface area contributed by atoms with E-state index in [1.165, 1.54) is 32.1 Å². The number of aryl methyl sites for hydroxylation is 1. The van der Waals surface area contributed by atoms with Gasteiger partial charge in [0.2, 0.25) is 5.41 Å². The minimum Gasteiger partial charge on any atom is -0.465 e. The summed E-state index contributed by atoms with van der Waals surface area (Å²) in [6.45, 7) is 8.21. The van der Waals surface area contributed by atoms with E-state index in [1.807, 2.05) is 0 Å². The van der Waals surface area contributed by atoms with Gasteiger partial charge < -0.3 is 9.47 Å². The van der Waals surface area contributed by atoms with Crippen molar-refractivity contribution in [1.29, 1.82) is 0 Å². The van der Waals surface area contributed by atoms with Crippen LogP contribution in [0.1, 0.15) is 25.8 Å². The SMILES string of the molecule is C=CC1CC(C(=O)OCC)(C(=O)OCC)C(=O)N1S(=O)(=O)c1ccc(C)cc1. The standard InChI is InChI=1S/C19H23NO7S/c1-5-14-12-19(17(22)26-6-2,18(23)27-7-3)16(21)20(14)28(24,25)15-10-8-13(4)9-11-15/h5,8-11,14H,1,6-7,12H2,2-4H3. The van der Waals surface area contributed by atoms with Crippen molar-refractivity contribution in [2.75, 3.05) is 13.2 Å². The Bertz CT molecular complexity index is 871. The highest BCUT2D eigenvalue weighted by Gasteiger charge is 2.66. The first-order valence-corrected chi connectivity index (χ1v) is 10.2. The minimum absolute atomic E-state index is 0.0866. The highest BCUT2D eigenvalue weighted by molar-refractivity contribution is 7.89. The molecule has 0 N–H and O–H groups in total. The molecule has 152 valence electrons. The van der Waals surface area contributed by atoms with E-state index < -0.39 is 45.7 Å². The summed E-state index contributed by atoms with van der Waals surface area (Å²) in [5, 5.41) is 0. The molecule has 1 amide bonds. The third-order valence-corrected chi connectivity index (χ3v) is 6.30. The maximum Gasteiger partial charge on any atom is 0.333 e. The number of sulfonamides is 1. The lowest BCUT2D eigenvalue weighted by molar-refractivity contribution is -0.174. The Morgan fingerprint density at radius 3 is 2.11 bits per heavy atom. The van der Waals surface area contributed by atoms with Crippen molar-refractivity contribution in [2.45, 2.75) is 38.1 Å². The second-order valence-corrected chi connectivity index (χ2v) is 8.09. The number of nitrogens with zero attached hydrogens (tertiary/aromatic N) is 1. The Morgan fingerprint density at radius 1 is 1.18 bits per heavy atom. The van der Waals surface area contributed by atoms with Gasteiger partial charge in [0, 0.05) is 6.42 Å². The van der Waals surface area contributed by atoms with Crippen LogP contribution in [0.4, 0.5) is 0 Å². The smallest absolute Gasteiger partial charge is 0.333 e. The van der Waals surface area contributed by atoms with Crippen molar-refractivity contribution < 1.29 is 32.3 Å². The van der Waals surface area contributed by atoms with Crippen molar-refractivity contribution in [3.63, 3.8) is 0 Å². The largest absolute Gasteiger partial charge is 0.465 e. The molecule has 0 bridgehead atoms. The molecule has 0 aliphatic carbocycles. The molecule has 1 aliphatic heterocycles. The topological polar surface area (TPSA) is 107 Å². The predicted octanol–water partition coefficient (Wildman–Crippen LogP) is 1.58. The van der Waals surface area contributed by atoms with Gasteiger partial charge >= 0.3 is 11.9 Å². The fourth-order valence-corrected chi connectivity index (χ4v) is 4.64. The lowest BCUT2D eigenvalue weighted by Gasteiger charge is -2.24. The highest BCUT2D eigenvalue weighted by Crippen LogP contribution is 2.42. The van der Waals surface area contributed by atoms with Crippen molar-refractivity contribution in [3.05, 3.63) is 42.5 Å². The fourth-order valence-electron chi connectivity index (χ4n) is 3.05. The number of esters is 2. The average Bonchev–Trinajstić information content (AvgIpc) is 2.96. The number of ether oxygens (including phenoxy) is 2. The monoisotopic (exact) mass is 409 g/mol. The zero-order valence-electron chi connectivity index (χ0n) is 16.0. The molecule has 0 aromatic heterocycles. The summed E-state index contributed by atoms with van der Waals surface area (Å²) in [6.07, 6.45) is 0.780. The second kappa shape index (κ2) is 8.14. The van der Waals surface area contributed by atoms with Crippen LogP contribution in [0.2, 0.25) is 0 Å². The first kappa shape index (κ1) is 21.6. The molecular formula is C19H23NO7S. The third kappa shape index (κ3) is 3.42. The summed E-state index contributed by atoms with van der Waals surface area (Å²) in [7, 11) is -4.34. The average molecular weight is 409 g/mol. The first-order chi connectivity index (χ1) is 13.2. The normalized spacial score (nSPS) is 18.6. The van der Waals surface area contributed by atoms with Gasteiger partial charge in [-0.3, -0.25) is 14.4 Å². The summed E-state index contributed by atoms with van der Waals surface area (Å²) in [5.41, 5.74) is -1.55. The van der Waals surface area contributed by atoms with Gasteiger partial charge in [-0.15, -0.1) is 6.58 Å². The molecule has 1 aromatic rings. The van der Waals surface area contributed by atoms with Crippen LogP contribution >= 0.6 is 0 Å². The second-order valence-electron chi connectivity index (χ2n) is 6.27. The molecule has 1 atom stereocenters. The number of carbonyl (C=O) groups is 3. The van der Waals surface area contributed by atoms with Crippen LogP contribution in [-0.2, 0) is 33.9 Å². The van der Waals surface area contributed by atoms with Gasteiger partial charge in [0.15, 0.2) is 0 Å². The van der Waals surface area contributed by atoms with E-state index in [4.69, 9.17) is 9.47 Å². The van der Waals surface area contributed by atoms with E-state index in [9.17, 15) is 22.8 Å². The quantitative estimate of drug-likeness (QED) is 0.382. The molecule has 1 fully saturated rings. The van der Waals surface area contributed by atoms with Crippen LogP contribution in [0.5, 0.6) is 0 Å². The molecule has 0 spiro atoms. The third-order valence-electron chi connectivity index (χ3n) is 4.48. The van der Waals surface area contributed by atoms with E-state index in [0.29, 0.717) is 4.31 Å². The van der Waals surface area contributed by atoms with Crippen molar-refractivity contribution in [2.24, 2.45) is 5.41 Å². The molecule has 1 aliphatic rings. The van der Waals surface area contributed by atoms with Crippen molar-refractivity contribution in [3.8, 4) is 0 Å². The molecule has 1 aromatic carbocycles. The number of hydrogen-bond donors (Lipinski definition) is 0. The molecule has 1 saturated heterocycles. The molecule has 2 rings (SSSR count). The van der Waals surface area contributed by atoms with Gasteiger partial charge in [0.1, 0.15) is 0 Å². The highest BCUT2D eigenvalue weighted by atomic mass is 32.2. The fraction of sp³-hybridized carbons (Fsp3) is 0.421. The Kier molecular flexibility index (Phi) is 6.28. The Balaban J connectivity index is 2.61. The van der Waals surface area contributed by atoms with Gasteiger partial charge in [-0.05, 0) is 32.9 Å². The molecule has 9 heteroatoms. The van der Waals surface area contributed by atoms with E-state index in [-0.39, 0.29) is 18.1 Å². The number of benzene rings is 1. The number of hydrogen-bond acceptors (Lipinski definition) is 7. The van der Waals surface area contributed by atoms with Gasteiger partial charge in [-0.1, -0.05) is 23.8 Å². The van der Waals surface area contributed by atoms with E-state index in [1.54, 1.807) is 19.1 Å². The van der Waals surface area contributed by atoms with Crippen LogP contribution in [0, 0.1) is 12.3 Å². The molecule has 8 nitrogen and oxygen atoms in total. The maximum absolute atomic E-state index is 13.2. The summed E-state index contributed by atoms with van der Waals surface area (Å²) in [5.74, 6) is -3.46. The zero-order chi connectivity index (χ0) is 21.1. The summed E-state index contributed by atoms with van der Waals surface area (Å²) >= 11 is 0. The number of amides is 1. The zero-order valence-corrected chi connectivity index (χ0v) is 16.8. The maximum atomic E-state index is 13.2. The van der Waals surface area contributed by atoms with Crippen LogP contribution in [0.3, 0.4) is 0 Å². The summed E-state index contributed by atoms with van der Waals surface area (Å²) in [6, 6.07) is 4.77. The van der Waals surface area contributed by atoms with Crippen molar-refractivity contribution >= 4 is 27.9 Å². The van der Waals surface area contributed by atoms with E-state index >= 15 is 0 Å². The van der Waals surface area contributed by atoms with Gasteiger partial charge in [0.25, 0.3) is 15.9 Å². The van der Waals surface area contributed by atoms with Crippen LogP contribution in [-0.4, -0.2) is 49.8 Å². The number of carbonyl (C=O) groups excluding carboxylic acids is 3. The van der Waals surface area contributed by atoms with Gasteiger partial charge in [-0.25, -0.2) is 12.7 Å². The van der Waals surface area contributed by atoms with E-state index in [0.717, 1.165) is 5.56 Å². The van der Waals surface area contributed by atoms with Crippen molar-refractivity contribution in [1.82, 2.24) is 4.31 Å². The Labute approximate surface area is 164 Å². The van der Waals surface area contributed by atoms with Crippen LogP contribution in [0.15, 0.2) is 41.8 Å². The minimum atomic E-state index is -4.34. The molecule has 28 heavy (non-hydrogen) atoms. The Morgan fingerprint density at radius 2 is 1.68 bits per heavy atom. The van der Waals surface area contributed by atoms with Gasteiger partial charge in [-0.2, -0.15) is 0 Å². The molecule has 1 unspecified atom stereocenters. The summed E-state index contributed by atoms with van der Waals surface area (Å²) < 4.78 is 36.6. The first-order valence-electron chi connectivity index (χ1n) is 8.79. The van der Waals surface area contributed by atoms with Crippen LogP contribution < -0.4 is 0 Å². The predicted molar refractivity (Wildman–Crippen MR) is 99.5 cm³/mol. The number of rotatable bonds is 7. The lowest BCUT2D eigenvalue weighted by atomic mass is 9.84. The Hall–Kier alpha value is -2.68. The molecule has 1 heterocycles. The molecule has 0 saturated carbocycles. The van der Waals surface area contributed by atoms with Crippen LogP contribution in [0.25, 0.3) is 0 Å². The van der Waals surface area contributed by atoms with E-state index in [2.05, 4.69) is 6.58 Å². The lowest BCUT2D eigenvalue weighted by Crippen LogP contribution is -2.49. The molecule has 0 radical (unpaired) electrons. The molecular weight excluding hydrogens is 386 g/mol.